The fourth-order valence-corrected chi connectivity index (χ4v) is 3.17. The lowest BCUT2D eigenvalue weighted by atomic mass is 10.2. The third-order valence-electron chi connectivity index (χ3n) is 3.53. The van der Waals surface area contributed by atoms with Gasteiger partial charge in [-0.05, 0) is 36.4 Å². The normalized spacial score (nSPS) is 10.8. The lowest BCUT2D eigenvalue weighted by Gasteiger charge is -2.10. The minimum Gasteiger partial charge on any atom is -0.495 e. The average Bonchev–Trinajstić information content (AvgIpc) is 2.71. The van der Waals surface area contributed by atoms with Gasteiger partial charge in [0.05, 0.1) is 23.3 Å². The van der Waals surface area contributed by atoms with E-state index in [9.17, 15) is 18.0 Å². The molecule has 0 fully saturated rings. The highest BCUT2D eigenvalue weighted by atomic mass is 32.2. The number of anilines is 1. The number of sulfonamides is 1. The van der Waals surface area contributed by atoms with Gasteiger partial charge >= 0.3 is 5.97 Å². The summed E-state index contributed by atoms with van der Waals surface area (Å²) in [6, 6.07) is 12.0. The van der Waals surface area contributed by atoms with Crippen LogP contribution in [-0.2, 0) is 19.6 Å². The molecule has 1 amide bonds. The van der Waals surface area contributed by atoms with Crippen LogP contribution in [0.5, 0.6) is 5.75 Å². The lowest BCUT2D eigenvalue weighted by Crippen LogP contribution is -2.24. The molecule has 2 N–H and O–H groups in total. The van der Waals surface area contributed by atoms with Gasteiger partial charge in [-0.15, -0.1) is 6.58 Å². The highest BCUT2D eigenvalue weighted by Crippen LogP contribution is 2.22. The quantitative estimate of drug-likeness (QED) is 0.488. The molecule has 0 saturated heterocycles. The summed E-state index contributed by atoms with van der Waals surface area (Å²) in [5.41, 5.74) is 0.570. The van der Waals surface area contributed by atoms with Crippen LogP contribution in [0.2, 0.25) is 0 Å². The van der Waals surface area contributed by atoms with E-state index in [4.69, 9.17) is 9.47 Å². The number of rotatable bonds is 9. The third kappa shape index (κ3) is 5.66. The molecule has 0 heterocycles. The number of hydrogen-bond donors (Lipinski definition) is 2. The number of carbonyl (C=O) groups excluding carboxylic acids is 2. The van der Waals surface area contributed by atoms with Crippen molar-refractivity contribution in [2.24, 2.45) is 0 Å². The maximum absolute atomic E-state index is 12.1. The van der Waals surface area contributed by atoms with Crippen molar-refractivity contribution in [2.75, 3.05) is 25.6 Å². The summed E-state index contributed by atoms with van der Waals surface area (Å²) in [6.45, 7) is 3.03. The van der Waals surface area contributed by atoms with Crippen LogP contribution in [0.1, 0.15) is 10.4 Å². The number of benzene rings is 2. The zero-order valence-electron chi connectivity index (χ0n) is 15.2. The van der Waals surface area contributed by atoms with E-state index in [0.29, 0.717) is 11.4 Å². The first kappa shape index (κ1) is 21.1. The van der Waals surface area contributed by atoms with Gasteiger partial charge in [0.25, 0.3) is 5.91 Å². The highest BCUT2D eigenvalue weighted by molar-refractivity contribution is 7.89. The van der Waals surface area contributed by atoms with Crippen molar-refractivity contribution in [2.45, 2.75) is 4.90 Å². The van der Waals surface area contributed by atoms with E-state index in [0.717, 1.165) is 0 Å². The molecule has 0 aliphatic carbocycles. The smallest absolute Gasteiger partial charge is 0.338 e. The van der Waals surface area contributed by atoms with Gasteiger partial charge in [-0.25, -0.2) is 17.9 Å². The van der Waals surface area contributed by atoms with Gasteiger partial charge in [0.2, 0.25) is 10.0 Å². The third-order valence-corrected chi connectivity index (χ3v) is 4.97. The van der Waals surface area contributed by atoms with Crippen LogP contribution in [0.4, 0.5) is 5.69 Å². The summed E-state index contributed by atoms with van der Waals surface area (Å²) < 4.78 is 36.3. The number of carbonyl (C=O) groups is 2. The van der Waals surface area contributed by atoms with Crippen molar-refractivity contribution < 1.29 is 27.5 Å². The topological polar surface area (TPSA) is 111 Å². The Morgan fingerprint density at radius 2 is 1.79 bits per heavy atom. The van der Waals surface area contributed by atoms with E-state index in [1.807, 2.05) is 0 Å². The number of hydrogen-bond acceptors (Lipinski definition) is 6. The number of ether oxygens (including phenoxy) is 2. The number of esters is 1. The highest BCUT2D eigenvalue weighted by Gasteiger charge is 2.15. The molecule has 0 aromatic heterocycles. The van der Waals surface area contributed by atoms with Crippen molar-refractivity contribution >= 4 is 27.6 Å². The average molecular weight is 404 g/mol. The molecule has 2 aromatic rings. The van der Waals surface area contributed by atoms with Gasteiger partial charge in [-0.1, -0.05) is 18.2 Å². The predicted molar refractivity (Wildman–Crippen MR) is 104 cm³/mol. The van der Waals surface area contributed by atoms with Crippen LogP contribution >= 0.6 is 0 Å². The summed E-state index contributed by atoms with van der Waals surface area (Å²) in [6.07, 6.45) is 1.42. The van der Waals surface area contributed by atoms with Crippen molar-refractivity contribution in [3.8, 4) is 5.75 Å². The predicted octanol–water partition coefficient (Wildman–Crippen LogP) is 1.95. The summed E-state index contributed by atoms with van der Waals surface area (Å²) >= 11 is 0. The molecule has 9 heteroatoms. The Morgan fingerprint density at radius 3 is 2.43 bits per heavy atom. The summed E-state index contributed by atoms with van der Waals surface area (Å²) in [4.78, 5) is 24.0. The standard InChI is InChI=1S/C19H20N2O6S/c1-3-12-20-28(24,25)15-10-8-14(9-11-15)19(23)27-13-18(22)21-16-6-4-5-7-17(16)26-2/h3-11,20H,1,12-13H2,2H3,(H,21,22). The minimum absolute atomic E-state index is 0.000171. The SMILES string of the molecule is C=CCNS(=O)(=O)c1ccc(C(=O)OCC(=O)Nc2ccccc2OC)cc1. The Morgan fingerprint density at radius 1 is 1.11 bits per heavy atom. The molecule has 0 spiro atoms. The number of amides is 1. The van der Waals surface area contributed by atoms with E-state index in [1.165, 1.54) is 37.5 Å². The van der Waals surface area contributed by atoms with Gasteiger partial charge in [0, 0.05) is 6.54 Å². The van der Waals surface area contributed by atoms with E-state index >= 15 is 0 Å². The Hall–Kier alpha value is -3.17. The van der Waals surface area contributed by atoms with E-state index < -0.39 is 28.5 Å². The van der Waals surface area contributed by atoms with Crippen molar-refractivity contribution in [1.29, 1.82) is 0 Å². The second kappa shape index (κ2) is 9.67. The molecular formula is C19H20N2O6S. The van der Waals surface area contributed by atoms with Crippen LogP contribution in [0.25, 0.3) is 0 Å². The molecule has 2 rings (SSSR count). The molecule has 148 valence electrons. The lowest BCUT2D eigenvalue weighted by molar-refractivity contribution is -0.119. The largest absolute Gasteiger partial charge is 0.495 e. The van der Waals surface area contributed by atoms with Crippen LogP contribution in [0.3, 0.4) is 0 Å². The van der Waals surface area contributed by atoms with E-state index in [1.54, 1.807) is 24.3 Å². The second-order valence-electron chi connectivity index (χ2n) is 5.49. The minimum atomic E-state index is -3.68. The zero-order chi connectivity index (χ0) is 20.6. The first-order valence-corrected chi connectivity index (χ1v) is 9.66. The molecular weight excluding hydrogens is 384 g/mol. The molecule has 0 aliphatic rings. The molecule has 0 saturated carbocycles. The Kier molecular flexibility index (Phi) is 7.30. The van der Waals surface area contributed by atoms with Gasteiger partial charge in [-0.3, -0.25) is 4.79 Å². The Labute approximate surface area is 163 Å². The Bertz CT molecular complexity index is 955. The van der Waals surface area contributed by atoms with Gasteiger partial charge in [-0.2, -0.15) is 0 Å². The van der Waals surface area contributed by atoms with Crippen LogP contribution < -0.4 is 14.8 Å². The van der Waals surface area contributed by atoms with Crippen molar-refractivity contribution in [3.63, 3.8) is 0 Å². The van der Waals surface area contributed by atoms with E-state index in [2.05, 4.69) is 16.6 Å². The van der Waals surface area contributed by atoms with Gasteiger partial charge in [0.15, 0.2) is 6.61 Å². The molecule has 0 bridgehead atoms. The van der Waals surface area contributed by atoms with Gasteiger partial charge in [0.1, 0.15) is 5.75 Å². The van der Waals surface area contributed by atoms with Crippen molar-refractivity contribution in [3.05, 3.63) is 66.7 Å². The van der Waals surface area contributed by atoms with Crippen LogP contribution in [0.15, 0.2) is 66.1 Å². The molecule has 0 aliphatic heterocycles. The summed E-state index contributed by atoms with van der Waals surface area (Å²) in [5.74, 6) is -0.812. The molecule has 28 heavy (non-hydrogen) atoms. The first-order chi connectivity index (χ1) is 13.4. The molecule has 0 radical (unpaired) electrons. The van der Waals surface area contributed by atoms with Crippen LogP contribution in [0, 0.1) is 0 Å². The van der Waals surface area contributed by atoms with E-state index in [-0.39, 0.29) is 17.0 Å². The summed E-state index contributed by atoms with van der Waals surface area (Å²) in [5, 5.41) is 2.58. The van der Waals surface area contributed by atoms with Crippen molar-refractivity contribution in [1.82, 2.24) is 4.72 Å². The molecule has 2 aromatic carbocycles. The number of methoxy groups -OCH3 is 1. The maximum Gasteiger partial charge on any atom is 0.338 e. The second-order valence-corrected chi connectivity index (χ2v) is 7.26. The summed E-state index contributed by atoms with van der Waals surface area (Å²) in [7, 11) is -2.21. The molecule has 0 atom stereocenters. The number of para-hydroxylation sites is 2. The van der Waals surface area contributed by atoms with Gasteiger partial charge < -0.3 is 14.8 Å². The fourth-order valence-electron chi connectivity index (χ4n) is 2.17. The number of nitrogens with one attached hydrogen (secondary N) is 2. The first-order valence-electron chi connectivity index (χ1n) is 8.18. The molecule has 0 unspecified atom stereocenters. The monoisotopic (exact) mass is 404 g/mol. The maximum atomic E-state index is 12.1. The fraction of sp³-hybridized carbons (Fsp3) is 0.158. The Balaban J connectivity index is 1.94. The zero-order valence-corrected chi connectivity index (χ0v) is 16.0. The molecule has 8 nitrogen and oxygen atoms in total. The van der Waals surface area contributed by atoms with Crippen LogP contribution in [-0.4, -0.2) is 40.6 Å².